The highest BCUT2D eigenvalue weighted by Gasteiger charge is 2.75. The number of aldehydes is 1. The Labute approximate surface area is 164 Å². The van der Waals surface area contributed by atoms with E-state index in [1.165, 1.54) is 30.9 Å². The third-order valence-electron chi connectivity index (χ3n) is 9.36. The summed E-state index contributed by atoms with van der Waals surface area (Å²) in [6, 6.07) is 0. The van der Waals surface area contributed by atoms with E-state index in [1.54, 1.807) is 0 Å². The quantitative estimate of drug-likeness (QED) is 0.517. The van der Waals surface area contributed by atoms with Gasteiger partial charge in [-0.05, 0) is 103 Å². The van der Waals surface area contributed by atoms with Crippen molar-refractivity contribution in [3.8, 4) is 0 Å². The molecule has 1 spiro atoms. The van der Waals surface area contributed by atoms with E-state index in [0.717, 1.165) is 60.5 Å². The first-order valence-electron chi connectivity index (χ1n) is 10.9. The lowest BCUT2D eigenvalue weighted by molar-refractivity contribution is -0.104. The molecule has 0 aliphatic heterocycles. The Morgan fingerprint density at radius 1 is 1.22 bits per heavy atom. The summed E-state index contributed by atoms with van der Waals surface area (Å²) in [6.45, 7) is 10.6. The molecule has 148 valence electrons. The summed E-state index contributed by atoms with van der Waals surface area (Å²) in [6.07, 6.45) is 11.3. The van der Waals surface area contributed by atoms with E-state index in [-0.39, 0.29) is 5.54 Å². The minimum Gasteiger partial charge on any atom is -0.321 e. The normalized spacial score (nSPS) is 52.1. The SMILES string of the molecule is C=CC=O.CC1CC2=CC(=N)CCC2(N)C2CCC34C(C)C3C(C)CC4C12. The molecule has 0 amide bonds. The molecule has 0 aromatic heterocycles. The van der Waals surface area contributed by atoms with Gasteiger partial charge in [0.05, 0.1) is 0 Å². The predicted octanol–water partition coefficient (Wildman–Crippen LogP) is 4.77. The number of nitrogens with one attached hydrogen (secondary N) is 1. The Hall–Kier alpha value is -1.22. The number of fused-ring (bicyclic) bond motifs is 4. The Bertz CT molecular complexity index is 690. The van der Waals surface area contributed by atoms with Crippen LogP contribution < -0.4 is 5.73 Å². The highest BCUT2D eigenvalue weighted by Crippen LogP contribution is 2.80. The molecule has 9 unspecified atom stereocenters. The summed E-state index contributed by atoms with van der Waals surface area (Å²) in [5, 5.41) is 8.07. The molecule has 5 aliphatic rings. The van der Waals surface area contributed by atoms with Crippen LogP contribution in [-0.2, 0) is 4.79 Å². The van der Waals surface area contributed by atoms with Gasteiger partial charge in [0.2, 0.25) is 0 Å². The maximum atomic E-state index is 9.06. The van der Waals surface area contributed by atoms with Crippen LogP contribution in [0.4, 0.5) is 0 Å². The second-order valence-corrected chi connectivity index (χ2v) is 10.3. The van der Waals surface area contributed by atoms with Crippen LogP contribution in [-0.4, -0.2) is 17.5 Å². The highest BCUT2D eigenvalue weighted by atomic mass is 16.1. The van der Waals surface area contributed by atoms with Gasteiger partial charge in [-0.1, -0.05) is 27.4 Å². The number of nitrogens with two attached hydrogens (primary N) is 1. The molecule has 27 heavy (non-hydrogen) atoms. The van der Waals surface area contributed by atoms with Gasteiger partial charge >= 0.3 is 0 Å². The molecule has 4 saturated carbocycles. The zero-order valence-corrected chi connectivity index (χ0v) is 17.2. The summed E-state index contributed by atoms with van der Waals surface area (Å²) in [5.74, 6) is 6.14. The van der Waals surface area contributed by atoms with Crippen molar-refractivity contribution in [3.05, 3.63) is 24.3 Å². The highest BCUT2D eigenvalue weighted by molar-refractivity contribution is 5.94. The minimum atomic E-state index is -0.0806. The Morgan fingerprint density at radius 2 is 1.93 bits per heavy atom. The van der Waals surface area contributed by atoms with E-state index in [2.05, 4.69) is 33.4 Å². The van der Waals surface area contributed by atoms with E-state index in [4.69, 9.17) is 15.9 Å². The zero-order chi connectivity index (χ0) is 19.6. The van der Waals surface area contributed by atoms with Crippen molar-refractivity contribution in [1.29, 1.82) is 5.41 Å². The van der Waals surface area contributed by atoms with Crippen LogP contribution in [0.5, 0.6) is 0 Å². The van der Waals surface area contributed by atoms with Gasteiger partial charge in [0.15, 0.2) is 0 Å². The lowest BCUT2D eigenvalue weighted by Crippen LogP contribution is -2.61. The van der Waals surface area contributed by atoms with E-state index in [9.17, 15) is 0 Å². The van der Waals surface area contributed by atoms with Crippen LogP contribution in [0.25, 0.3) is 0 Å². The van der Waals surface area contributed by atoms with Crippen LogP contribution in [0.3, 0.4) is 0 Å². The van der Waals surface area contributed by atoms with Gasteiger partial charge in [0.1, 0.15) is 6.29 Å². The molecule has 9 atom stereocenters. The molecule has 0 bridgehead atoms. The standard InChI is InChI=1S/C21H32N2.C3H4O/c1-11-8-14-10-15(22)4-7-21(14,23)16-5-6-20-13(3)19(20)12(2)9-17(20)18(11)16;1-2-3-4/h10-13,16-19,22H,4-9,23H2,1-3H3;2-3H,1H2. The minimum absolute atomic E-state index is 0.0806. The molecule has 0 heterocycles. The second-order valence-electron chi connectivity index (χ2n) is 10.3. The fraction of sp³-hybridized carbons (Fsp3) is 0.750. The summed E-state index contributed by atoms with van der Waals surface area (Å²) < 4.78 is 0. The van der Waals surface area contributed by atoms with Crippen LogP contribution >= 0.6 is 0 Å². The molecule has 3 heteroatoms. The average Bonchev–Trinajstić information content (AvgIpc) is 3.08. The van der Waals surface area contributed by atoms with E-state index >= 15 is 0 Å². The van der Waals surface area contributed by atoms with Gasteiger partial charge in [0.25, 0.3) is 0 Å². The topological polar surface area (TPSA) is 66.9 Å². The molecule has 3 nitrogen and oxygen atoms in total. The summed E-state index contributed by atoms with van der Waals surface area (Å²) >= 11 is 0. The zero-order valence-electron chi connectivity index (χ0n) is 17.2. The maximum Gasteiger partial charge on any atom is 0.142 e. The molecule has 0 aromatic carbocycles. The summed E-state index contributed by atoms with van der Waals surface area (Å²) in [4.78, 5) is 9.06. The fourth-order valence-corrected chi connectivity index (χ4v) is 8.51. The number of rotatable bonds is 1. The Balaban J connectivity index is 0.000000413. The van der Waals surface area contributed by atoms with Crippen molar-refractivity contribution in [2.24, 2.45) is 52.6 Å². The first-order chi connectivity index (χ1) is 12.8. The van der Waals surface area contributed by atoms with Gasteiger partial charge in [-0.25, -0.2) is 0 Å². The summed E-state index contributed by atoms with van der Waals surface area (Å²) in [7, 11) is 0. The smallest absolute Gasteiger partial charge is 0.142 e. The van der Waals surface area contributed by atoms with Gasteiger partial charge in [-0.2, -0.15) is 0 Å². The monoisotopic (exact) mass is 368 g/mol. The number of hydrogen-bond donors (Lipinski definition) is 2. The average molecular weight is 369 g/mol. The van der Waals surface area contributed by atoms with E-state index in [0.29, 0.717) is 17.6 Å². The fourth-order valence-electron chi connectivity index (χ4n) is 8.51. The van der Waals surface area contributed by atoms with Crippen LogP contribution in [0.15, 0.2) is 24.3 Å². The largest absolute Gasteiger partial charge is 0.321 e. The Kier molecular flexibility index (Phi) is 4.53. The van der Waals surface area contributed by atoms with E-state index in [1.807, 2.05) is 0 Å². The van der Waals surface area contributed by atoms with Gasteiger partial charge in [-0.3, -0.25) is 4.79 Å². The third-order valence-corrected chi connectivity index (χ3v) is 9.36. The molecule has 5 rings (SSSR count). The lowest BCUT2D eigenvalue weighted by Gasteiger charge is -2.58. The van der Waals surface area contributed by atoms with Crippen molar-refractivity contribution in [2.45, 2.75) is 64.8 Å². The molecule has 0 radical (unpaired) electrons. The number of carbonyl (C=O) groups is 1. The lowest BCUT2D eigenvalue weighted by atomic mass is 9.49. The Morgan fingerprint density at radius 3 is 2.56 bits per heavy atom. The summed E-state index contributed by atoms with van der Waals surface area (Å²) in [5.41, 5.74) is 9.94. The van der Waals surface area contributed by atoms with Gasteiger partial charge in [0, 0.05) is 11.3 Å². The molecule has 4 fully saturated rings. The molecule has 5 aliphatic carbocycles. The van der Waals surface area contributed by atoms with Crippen molar-refractivity contribution in [1.82, 2.24) is 0 Å². The van der Waals surface area contributed by atoms with Crippen molar-refractivity contribution in [3.63, 3.8) is 0 Å². The first kappa shape index (κ1) is 19.1. The van der Waals surface area contributed by atoms with Crippen molar-refractivity contribution < 1.29 is 4.79 Å². The van der Waals surface area contributed by atoms with E-state index < -0.39 is 0 Å². The molecular weight excluding hydrogens is 332 g/mol. The van der Waals surface area contributed by atoms with Crippen LogP contribution in [0.1, 0.15) is 59.3 Å². The van der Waals surface area contributed by atoms with Gasteiger partial charge in [-0.15, -0.1) is 0 Å². The predicted molar refractivity (Wildman–Crippen MR) is 111 cm³/mol. The number of hydrogen-bond acceptors (Lipinski definition) is 3. The maximum absolute atomic E-state index is 9.06. The van der Waals surface area contributed by atoms with Crippen molar-refractivity contribution >= 4 is 12.0 Å². The van der Waals surface area contributed by atoms with Crippen molar-refractivity contribution in [2.75, 3.05) is 0 Å². The number of allylic oxidation sites excluding steroid dienone is 2. The first-order valence-corrected chi connectivity index (χ1v) is 10.9. The molecular formula is C24H36N2O. The second kappa shape index (κ2) is 6.40. The van der Waals surface area contributed by atoms with Gasteiger partial charge < -0.3 is 11.1 Å². The number of carbonyl (C=O) groups excluding carboxylic acids is 1. The molecule has 0 aromatic rings. The van der Waals surface area contributed by atoms with Crippen LogP contribution in [0, 0.1) is 52.2 Å². The molecule has 3 N–H and O–H groups in total. The molecule has 0 saturated heterocycles. The van der Waals surface area contributed by atoms with Crippen LogP contribution in [0.2, 0.25) is 0 Å². The third kappa shape index (κ3) is 2.50.